The summed E-state index contributed by atoms with van der Waals surface area (Å²) in [4.78, 5) is 25.8. The summed E-state index contributed by atoms with van der Waals surface area (Å²) in [5, 5.41) is 1.11. The van der Waals surface area contributed by atoms with Gasteiger partial charge in [-0.2, -0.15) is 0 Å². The zero-order valence-corrected chi connectivity index (χ0v) is 14.3. The number of methoxy groups -OCH3 is 1. The summed E-state index contributed by atoms with van der Waals surface area (Å²) in [6.07, 6.45) is 3.04. The Bertz CT molecular complexity index is 716. The van der Waals surface area contributed by atoms with Gasteiger partial charge in [0.05, 0.1) is 19.0 Å². The number of aromatic nitrogens is 1. The lowest BCUT2D eigenvalue weighted by Crippen LogP contribution is -2.15. The summed E-state index contributed by atoms with van der Waals surface area (Å²) < 4.78 is 6.27. The lowest BCUT2D eigenvalue weighted by molar-refractivity contribution is -0.140. The number of ether oxygens (including phenoxy) is 1. The van der Waals surface area contributed by atoms with Gasteiger partial charge in [-0.05, 0) is 45.1 Å². The van der Waals surface area contributed by atoms with Crippen LogP contribution < -0.4 is 0 Å². The first-order valence-corrected chi connectivity index (χ1v) is 7.77. The Morgan fingerprint density at radius 1 is 1.22 bits per heavy atom. The molecule has 0 aliphatic rings. The number of fused-ring (bicyclic) bond motifs is 1. The second kappa shape index (κ2) is 7.42. The molecule has 2 aromatic rings. The van der Waals surface area contributed by atoms with E-state index >= 15 is 0 Å². The van der Waals surface area contributed by atoms with Crippen molar-refractivity contribution in [2.75, 3.05) is 27.7 Å². The topological polar surface area (TPSA) is 51.5 Å². The molecule has 5 nitrogen and oxygen atoms in total. The highest BCUT2D eigenvalue weighted by molar-refractivity contribution is 5.95. The first kappa shape index (κ1) is 17.2. The van der Waals surface area contributed by atoms with Crippen LogP contribution in [-0.2, 0) is 16.0 Å². The molecule has 0 fully saturated rings. The van der Waals surface area contributed by atoms with E-state index < -0.39 is 0 Å². The highest BCUT2D eigenvalue weighted by Gasteiger charge is 2.15. The van der Waals surface area contributed by atoms with Crippen LogP contribution in [0.4, 0.5) is 0 Å². The van der Waals surface area contributed by atoms with E-state index in [1.54, 1.807) is 4.57 Å². The first-order chi connectivity index (χ1) is 10.9. The van der Waals surface area contributed by atoms with Gasteiger partial charge in [0, 0.05) is 24.5 Å². The second-order valence-corrected chi connectivity index (χ2v) is 6.07. The third kappa shape index (κ3) is 4.20. The predicted molar refractivity (Wildman–Crippen MR) is 90.8 cm³/mol. The fourth-order valence-electron chi connectivity index (χ4n) is 2.59. The van der Waals surface area contributed by atoms with Gasteiger partial charge < -0.3 is 9.64 Å². The maximum absolute atomic E-state index is 12.5. The van der Waals surface area contributed by atoms with Crippen LogP contribution in [0.3, 0.4) is 0 Å². The van der Waals surface area contributed by atoms with Gasteiger partial charge in [0.15, 0.2) is 0 Å². The molecule has 124 valence electrons. The smallest absolute Gasteiger partial charge is 0.306 e. The van der Waals surface area contributed by atoms with Crippen molar-refractivity contribution < 1.29 is 14.3 Å². The largest absolute Gasteiger partial charge is 0.469 e. The van der Waals surface area contributed by atoms with Gasteiger partial charge in [0.2, 0.25) is 5.91 Å². The number of aryl methyl sites for hydroxylation is 1. The summed E-state index contributed by atoms with van der Waals surface area (Å²) >= 11 is 0. The van der Waals surface area contributed by atoms with Crippen molar-refractivity contribution in [1.82, 2.24) is 9.47 Å². The number of carbonyl (C=O) groups is 2. The van der Waals surface area contributed by atoms with E-state index in [9.17, 15) is 9.59 Å². The maximum atomic E-state index is 12.5. The first-order valence-electron chi connectivity index (χ1n) is 7.77. The van der Waals surface area contributed by atoms with Gasteiger partial charge in [0.1, 0.15) is 0 Å². The molecule has 5 heteroatoms. The molecule has 0 radical (unpaired) electrons. The molecule has 0 aliphatic carbocycles. The fraction of sp³-hybridized carbons (Fsp3) is 0.444. The van der Waals surface area contributed by atoms with E-state index in [1.165, 1.54) is 12.7 Å². The van der Waals surface area contributed by atoms with E-state index in [1.807, 2.05) is 39.3 Å². The van der Waals surface area contributed by atoms with Crippen LogP contribution in [0.25, 0.3) is 10.9 Å². The van der Waals surface area contributed by atoms with Crippen LogP contribution in [0.15, 0.2) is 24.4 Å². The highest BCUT2D eigenvalue weighted by Crippen LogP contribution is 2.24. The number of nitrogens with zero attached hydrogens (tertiary/aromatic N) is 2. The minimum atomic E-state index is -0.363. The van der Waals surface area contributed by atoms with E-state index in [4.69, 9.17) is 0 Å². The van der Waals surface area contributed by atoms with Gasteiger partial charge in [-0.15, -0.1) is 0 Å². The van der Waals surface area contributed by atoms with Gasteiger partial charge in [-0.1, -0.05) is 11.6 Å². The molecular weight excluding hydrogens is 292 g/mol. The molecular formula is C18H24N2O3. The molecule has 0 aliphatic heterocycles. The van der Waals surface area contributed by atoms with Crippen LogP contribution >= 0.6 is 0 Å². The number of esters is 1. The van der Waals surface area contributed by atoms with E-state index in [0.29, 0.717) is 0 Å². The van der Waals surface area contributed by atoms with Crippen molar-refractivity contribution in [1.29, 1.82) is 0 Å². The molecule has 0 N–H and O–H groups in total. The molecule has 2 rings (SSSR count). The molecule has 1 aromatic heterocycles. The summed E-state index contributed by atoms with van der Waals surface area (Å²) in [5.74, 6) is -0.446. The lowest BCUT2D eigenvalue weighted by Gasteiger charge is -2.08. The molecule has 0 spiro atoms. The minimum Gasteiger partial charge on any atom is -0.469 e. The van der Waals surface area contributed by atoms with E-state index in [2.05, 4.69) is 15.7 Å². The normalized spacial score (nSPS) is 11.2. The van der Waals surface area contributed by atoms with Crippen LogP contribution in [-0.4, -0.2) is 49.1 Å². The van der Waals surface area contributed by atoms with Crippen molar-refractivity contribution >= 4 is 22.8 Å². The van der Waals surface area contributed by atoms with Crippen molar-refractivity contribution in [2.45, 2.75) is 26.2 Å². The molecule has 0 saturated heterocycles. The molecule has 23 heavy (non-hydrogen) atoms. The molecule has 1 aromatic carbocycles. The number of benzene rings is 1. The predicted octanol–water partition coefficient (Wildman–Crippen LogP) is 2.65. The number of hydrogen-bond donors (Lipinski definition) is 0. The van der Waals surface area contributed by atoms with Gasteiger partial charge in [-0.3, -0.25) is 14.2 Å². The summed E-state index contributed by atoms with van der Waals surface area (Å²) in [6, 6.07) is 6.09. The van der Waals surface area contributed by atoms with Crippen molar-refractivity contribution in [2.24, 2.45) is 0 Å². The molecule has 1 heterocycles. The molecule has 0 unspecified atom stereocenters. The van der Waals surface area contributed by atoms with Crippen molar-refractivity contribution in [3.8, 4) is 0 Å². The van der Waals surface area contributed by atoms with Crippen LogP contribution in [0, 0.1) is 6.92 Å². The Labute approximate surface area is 136 Å². The average Bonchev–Trinajstić information content (AvgIpc) is 2.88. The Kier molecular flexibility index (Phi) is 5.55. The fourth-order valence-corrected chi connectivity index (χ4v) is 2.59. The Hall–Kier alpha value is -2.14. The minimum absolute atomic E-state index is 0.0830. The van der Waals surface area contributed by atoms with Gasteiger partial charge in [0.25, 0.3) is 0 Å². The number of hydrogen-bond acceptors (Lipinski definition) is 4. The third-order valence-electron chi connectivity index (χ3n) is 3.91. The zero-order valence-electron chi connectivity index (χ0n) is 14.3. The van der Waals surface area contributed by atoms with Crippen LogP contribution in [0.2, 0.25) is 0 Å². The third-order valence-corrected chi connectivity index (χ3v) is 3.91. The second-order valence-electron chi connectivity index (χ2n) is 6.07. The molecule has 0 saturated carbocycles. The Balaban J connectivity index is 2.32. The number of rotatable bonds is 6. The van der Waals surface area contributed by atoms with E-state index in [0.717, 1.165) is 29.4 Å². The van der Waals surface area contributed by atoms with Gasteiger partial charge >= 0.3 is 5.97 Å². The number of carbonyl (C=O) groups excluding carboxylic acids is 2. The number of likely N-dealkylation sites (N-methyl/N-ethyl adjacent to an activating group) is 1. The van der Waals surface area contributed by atoms with Crippen molar-refractivity contribution in [3.63, 3.8) is 0 Å². The summed E-state index contributed by atoms with van der Waals surface area (Å²) in [5.41, 5.74) is 3.23. The average molecular weight is 316 g/mol. The highest BCUT2D eigenvalue weighted by atomic mass is 16.5. The SMILES string of the molecule is COC(=O)CCC(=O)n1cc(CCN(C)C)c2cc(C)ccc21. The molecule has 0 bridgehead atoms. The quantitative estimate of drug-likeness (QED) is 0.769. The zero-order chi connectivity index (χ0) is 17.0. The Morgan fingerprint density at radius 2 is 1.96 bits per heavy atom. The lowest BCUT2D eigenvalue weighted by atomic mass is 10.1. The molecule has 0 atom stereocenters. The standard InChI is InChI=1S/C18H24N2O3/c1-13-5-6-16-15(11-13)14(9-10-19(2)3)12-20(16)17(21)7-8-18(22)23-4/h5-6,11-12H,7-10H2,1-4H3. The van der Waals surface area contributed by atoms with E-state index in [-0.39, 0.29) is 24.7 Å². The van der Waals surface area contributed by atoms with Crippen LogP contribution in [0.5, 0.6) is 0 Å². The summed E-state index contributed by atoms with van der Waals surface area (Å²) in [6.45, 7) is 2.97. The maximum Gasteiger partial charge on any atom is 0.306 e. The molecule has 0 amide bonds. The van der Waals surface area contributed by atoms with Crippen molar-refractivity contribution in [3.05, 3.63) is 35.5 Å². The monoisotopic (exact) mass is 316 g/mol. The van der Waals surface area contributed by atoms with Crippen LogP contribution in [0.1, 0.15) is 28.8 Å². The van der Waals surface area contributed by atoms with Gasteiger partial charge in [-0.25, -0.2) is 0 Å². The summed E-state index contributed by atoms with van der Waals surface area (Å²) in [7, 11) is 5.40. The Morgan fingerprint density at radius 3 is 2.61 bits per heavy atom.